The number of hydrogen-bond acceptors (Lipinski definition) is 3. The van der Waals surface area contributed by atoms with Crippen molar-refractivity contribution in [2.45, 2.75) is 6.92 Å². The van der Waals surface area contributed by atoms with Crippen LogP contribution in [0.4, 0.5) is 10.1 Å². The van der Waals surface area contributed by atoms with Crippen molar-refractivity contribution in [3.63, 3.8) is 0 Å². The average Bonchev–Trinajstić information content (AvgIpc) is 2.62. The Hall–Kier alpha value is -2.10. The number of rotatable bonds is 2. The summed E-state index contributed by atoms with van der Waals surface area (Å²) in [5, 5.41) is 0. The lowest BCUT2D eigenvalue weighted by atomic mass is 10.1. The molecule has 0 saturated heterocycles. The number of anilines is 1. The minimum atomic E-state index is -0.536. The van der Waals surface area contributed by atoms with Crippen LogP contribution in [0.15, 0.2) is 34.7 Å². The van der Waals surface area contributed by atoms with Gasteiger partial charge < -0.3 is 10.2 Å². The maximum absolute atomic E-state index is 13.0. The summed E-state index contributed by atoms with van der Waals surface area (Å²) in [7, 11) is 0. The van der Waals surface area contributed by atoms with Crippen LogP contribution >= 0.6 is 0 Å². The average molecular weight is 219 g/mol. The first-order valence-electron chi connectivity index (χ1n) is 4.73. The van der Waals surface area contributed by atoms with Crippen LogP contribution in [0.3, 0.4) is 0 Å². The van der Waals surface area contributed by atoms with E-state index >= 15 is 0 Å². The van der Waals surface area contributed by atoms with E-state index in [1.807, 2.05) is 0 Å². The topological polar surface area (TPSA) is 56.2 Å². The van der Waals surface area contributed by atoms with E-state index in [4.69, 9.17) is 10.2 Å². The molecule has 0 radical (unpaired) electrons. The van der Waals surface area contributed by atoms with Gasteiger partial charge in [0.1, 0.15) is 11.6 Å². The minimum absolute atomic E-state index is 0.183. The zero-order valence-corrected chi connectivity index (χ0v) is 8.66. The molecule has 1 aromatic heterocycles. The van der Waals surface area contributed by atoms with Crippen LogP contribution in [0.5, 0.6) is 0 Å². The number of nitrogens with two attached hydrogens (primary N) is 1. The maximum Gasteiger partial charge on any atom is 0.228 e. The van der Waals surface area contributed by atoms with E-state index in [0.717, 1.165) is 12.1 Å². The third kappa shape index (κ3) is 1.95. The molecule has 82 valence electrons. The van der Waals surface area contributed by atoms with Gasteiger partial charge in [0, 0.05) is 11.3 Å². The van der Waals surface area contributed by atoms with Gasteiger partial charge in [-0.15, -0.1) is 0 Å². The lowest BCUT2D eigenvalue weighted by molar-refractivity contribution is 0.101. The summed E-state index contributed by atoms with van der Waals surface area (Å²) in [6.07, 6.45) is 0. The van der Waals surface area contributed by atoms with Crippen molar-refractivity contribution in [1.29, 1.82) is 0 Å². The van der Waals surface area contributed by atoms with Gasteiger partial charge in [0.05, 0.1) is 0 Å². The molecule has 1 aromatic carbocycles. The van der Waals surface area contributed by atoms with Gasteiger partial charge in [0.15, 0.2) is 5.76 Å². The lowest BCUT2D eigenvalue weighted by Crippen LogP contribution is -2.01. The molecule has 0 amide bonds. The van der Waals surface area contributed by atoms with E-state index in [1.165, 1.54) is 6.07 Å². The van der Waals surface area contributed by atoms with Gasteiger partial charge in [-0.1, -0.05) is 0 Å². The second-order valence-electron chi connectivity index (χ2n) is 3.51. The predicted molar refractivity (Wildman–Crippen MR) is 57.7 cm³/mol. The van der Waals surface area contributed by atoms with Gasteiger partial charge in [-0.25, -0.2) is 4.39 Å². The van der Waals surface area contributed by atoms with E-state index in [9.17, 15) is 9.18 Å². The maximum atomic E-state index is 13.0. The molecule has 16 heavy (non-hydrogen) atoms. The van der Waals surface area contributed by atoms with Crippen molar-refractivity contribution in [1.82, 2.24) is 0 Å². The van der Waals surface area contributed by atoms with Crippen molar-refractivity contribution in [2.75, 3.05) is 5.73 Å². The number of carbonyl (C=O) groups excluding carboxylic acids is 1. The Kier molecular flexibility index (Phi) is 2.48. The molecule has 0 saturated carbocycles. The molecule has 3 nitrogen and oxygen atoms in total. The van der Waals surface area contributed by atoms with Gasteiger partial charge in [-0.2, -0.15) is 0 Å². The van der Waals surface area contributed by atoms with Crippen LogP contribution in [-0.2, 0) is 0 Å². The Morgan fingerprint density at radius 2 is 2.06 bits per heavy atom. The zero-order valence-electron chi connectivity index (χ0n) is 8.66. The van der Waals surface area contributed by atoms with Crippen LogP contribution < -0.4 is 5.73 Å². The smallest absolute Gasteiger partial charge is 0.228 e. The van der Waals surface area contributed by atoms with Crippen molar-refractivity contribution in [3.8, 4) is 0 Å². The van der Waals surface area contributed by atoms with Gasteiger partial charge in [0.25, 0.3) is 0 Å². The van der Waals surface area contributed by atoms with E-state index in [0.29, 0.717) is 5.76 Å². The molecule has 0 aliphatic heterocycles. The summed E-state index contributed by atoms with van der Waals surface area (Å²) < 4.78 is 18.2. The molecule has 0 spiro atoms. The van der Waals surface area contributed by atoms with Gasteiger partial charge >= 0.3 is 0 Å². The Morgan fingerprint density at radius 3 is 2.62 bits per heavy atom. The third-order valence-electron chi connectivity index (χ3n) is 2.15. The minimum Gasteiger partial charge on any atom is -0.458 e. The fourth-order valence-electron chi connectivity index (χ4n) is 1.44. The Balaban J connectivity index is 2.41. The number of nitrogen functional groups attached to an aromatic ring is 1. The number of carbonyl (C=O) groups is 1. The van der Waals surface area contributed by atoms with E-state index in [-0.39, 0.29) is 22.8 Å². The molecule has 0 fully saturated rings. The van der Waals surface area contributed by atoms with Crippen molar-refractivity contribution < 1.29 is 13.6 Å². The monoisotopic (exact) mass is 219 g/mol. The molecular formula is C12H10FNO2. The molecule has 2 aromatic rings. The fraction of sp³-hybridized carbons (Fsp3) is 0.0833. The normalized spacial score (nSPS) is 10.4. The van der Waals surface area contributed by atoms with E-state index in [1.54, 1.807) is 19.1 Å². The molecule has 0 bridgehead atoms. The summed E-state index contributed by atoms with van der Waals surface area (Å²) in [6, 6.07) is 6.94. The standard InChI is InChI=1S/C12H10FNO2/c1-7-2-3-11(16-7)12(15)8-4-9(13)6-10(14)5-8/h2-6H,14H2,1H3. The van der Waals surface area contributed by atoms with E-state index in [2.05, 4.69) is 0 Å². The molecule has 4 heteroatoms. The molecule has 0 aliphatic carbocycles. The van der Waals surface area contributed by atoms with Crippen LogP contribution in [0.1, 0.15) is 21.9 Å². The number of hydrogen-bond donors (Lipinski definition) is 1. The molecule has 0 aliphatic rings. The SMILES string of the molecule is Cc1ccc(C(=O)c2cc(N)cc(F)c2)o1. The Bertz CT molecular complexity index is 525. The molecule has 2 N–H and O–H groups in total. The predicted octanol–water partition coefficient (Wildman–Crippen LogP) is 2.54. The highest BCUT2D eigenvalue weighted by Crippen LogP contribution is 2.16. The van der Waals surface area contributed by atoms with Gasteiger partial charge in [-0.3, -0.25) is 4.79 Å². The summed E-state index contributed by atoms with van der Waals surface area (Å²) in [4.78, 5) is 11.8. The van der Waals surface area contributed by atoms with Crippen LogP contribution in [0.2, 0.25) is 0 Å². The second kappa shape index (κ2) is 3.81. The van der Waals surface area contributed by atoms with Gasteiger partial charge in [-0.05, 0) is 37.3 Å². The second-order valence-corrected chi connectivity index (χ2v) is 3.51. The number of furan rings is 1. The molecule has 0 atom stereocenters. The first-order valence-corrected chi connectivity index (χ1v) is 4.73. The van der Waals surface area contributed by atoms with Crippen molar-refractivity contribution in [2.24, 2.45) is 0 Å². The summed E-state index contributed by atoms with van der Waals surface area (Å²) in [6.45, 7) is 1.73. The van der Waals surface area contributed by atoms with Crippen molar-refractivity contribution >= 4 is 11.5 Å². The van der Waals surface area contributed by atoms with Gasteiger partial charge in [0.2, 0.25) is 5.78 Å². The number of halogens is 1. The number of aryl methyl sites for hydroxylation is 1. The highest BCUT2D eigenvalue weighted by Gasteiger charge is 2.14. The first-order chi connectivity index (χ1) is 7.56. The largest absolute Gasteiger partial charge is 0.458 e. The number of ketones is 1. The fourth-order valence-corrected chi connectivity index (χ4v) is 1.44. The molecule has 2 rings (SSSR count). The summed E-state index contributed by atoms with van der Waals surface area (Å²) in [5.74, 6) is -0.0962. The molecular weight excluding hydrogens is 209 g/mol. The lowest BCUT2D eigenvalue weighted by Gasteiger charge is -2.00. The zero-order chi connectivity index (χ0) is 11.7. The first kappa shape index (κ1) is 10.4. The highest BCUT2D eigenvalue weighted by atomic mass is 19.1. The molecule has 1 heterocycles. The van der Waals surface area contributed by atoms with Crippen LogP contribution in [-0.4, -0.2) is 5.78 Å². The number of benzene rings is 1. The summed E-state index contributed by atoms with van der Waals surface area (Å²) >= 11 is 0. The Labute approximate surface area is 91.7 Å². The quantitative estimate of drug-likeness (QED) is 0.623. The van der Waals surface area contributed by atoms with E-state index < -0.39 is 5.82 Å². The van der Waals surface area contributed by atoms with Crippen molar-refractivity contribution in [3.05, 3.63) is 53.2 Å². The van der Waals surface area contributed by atoms with Crippen LogP contribution in [0.25, 0.3) is 0 Å². The third-order valence-corrected chi connectivity index (χ3v) is 2.15. The summed E-state index contributed by atoms with van der Waals surface area (Å²) in [5.41, 5.74) is 5.86. The highest BCUT2D eigenvalue weighted by molar-refractivity contribution is 6.07. The van der Waals surface area contributed by atoms with Crippen LogP contribution in [0, 0.1) is 12.7 Å². The molecule has 0 unspecified atom stereocenters. The Morgan fingerprint density at radius 1 is 1.31 bits per heavy atom.